The number of nitrogens with one attached hydrogen (secondary N) is 1. The SMILES string of the molecule is CNC(c1ccc(Cl)cc1Cl)c1cccc2ccncc12. The monoisotopic (exact) mass is 316 g/mol. The minimum atomic E-state index is -0.0114. The van der Waals surface area contributed by atoms with E-state index in [1.54, 1.807) is 12.3 Å². The molecule has 2 nitrogen and oxygen atoms in total. The van der Waals surface area contributed by atoms with Gasteiger partial charge in [-0.1, -0.05) is 47.5 Å². The number of fused-ring (bicyclic) bond motifs is 1. The van der Waals surface area contributed by atoms with E-state index in [0.717, 1.165) is 21.9 Å². The third-order valence-corrected chi connectivity index (χ3v) is 4.15. The highest BCUT2D eigenvalue weighted by molar-refractivity contribution is 6.35. The number of hydrogen-bond acceptors (Lipinski definition) is 2. The van der Waals surface area contributed by atoms with Gasteiger partial charge in [-0.15, -0.1) is 0 Å². The van der Waals surface area contributed by atoms with Crippen LogP contribution in [0.1, 0.15) is 17.2 Å². The second kappa shape index (κ2) is 6.02. The number of hydrogen-bond donors (Lipinski definition) is 1. The molecule has 1 N–H and O–H groups in total. The van der Waals surface area contributed by atoms with Crippen molar-refractivity contribution in [3.63, 3.8) is 0 Å². The van der Waals surface area contributed by atoms with Crippen molar-refractivity contribution >= 4 is 34.0 Å². The molecule has 0 aliphatic carbocycles. The van der Waals surface area contributed by atoms with Gasteiger partial charge in [-0.05, 0) is 41.8 Å². The molecule has 106 valence electrons. The van der Waals surface area contributed by atoms with Gasteiger partial charge in [0, 0.05) is 27.8 Å². The summed E-state index contributed by atoms with van der Waals surface area (Å²) in [5.74, 6) is 0. The number of nitrogens with zero attached hydrogens (tertiary/aromatic N) is 1. The van der Waals surface area contributed by atoms with Gasteiger partial charge in [0.25, 0.3) is 0 Å². The molecule has 21 heavy (non-hydrogen) atoms. The van der Waals surface area contributed by atoms with Crippen LogP contribution in [-0.4, -0.2) is 12.0 Å². The zero-order valence-electron chi connectivity index (χ0n) is 11.5. The number of benzene rings is 2. The first-order valence-corrected chi connectivity index (χ1v) is 7.41. The molecule has 3 aromatic rings. The fourth-order valence-electron chi connectivity index (χ4n) is 2.60. The fraction of sp³-hybridized carbons (Fsp3) is 0.118. The average Bonchev–Trinajstić information content (AvgIpc) is 2.50. The number of rotatable bonds is 3. The Morgan fingerprint density at radius 1 is 1.05 bits per heavy atom. The van der Waals surface area contributed by atoms with Gasteiger partial charge in [-0.3, -0.25) is 4.98 Å². The van der Waals surface area contributed by atoms with Crippen LogP contribution in [0.25, 0.3) is 10.8 Å². The largest absolute Gasteiger partial charge is 0.309 e. The van der Waals surface area contributed by atoms with Crippen molar-refractivity contribution in [1.29, 1.82) is 0 Å². The summed E-state index contributed by atoms with van der Waals surface area (Å²) in [4.78, 5) is 4.24. The molecule has 0 saturated carbocycles. The van der Waals surface area contributed by atoms with Gasteiger partial charge >= 0.3 is 0 Å². The molecule has 1 aromatic heterocycles. The summed E-state index contributed by atoms with van der Waals surface area (Å²) in [6.45, 7) is 0. The van der Waals surface area contributed by atoms with Crippen LogP contribution >= 0.6 is 23.2 Å². The maximum Gasteiger partial charge on any atom is 0.0595 e. The van der Waals surface area contributed by atoms with Gasteiger partial charge in [0.05, 0.1) is 6.04 Å². The van der Waals surface area contributed by atoms with Crippen molar-refractivity contribution in [2.24, 2.45) is 0 Å². The van der Waals surface area contributed by atoms with Crippen molar-refractivity contribution in [1.82, 2.24) is 10.3 Å². The molecular weight excluding hydrogens is 303 g/mol. The fourth-order valence-corrected chi connectivity index (χ4v) is 3.12. The lowest BCUT2D eigenvalue weighted by atomic mass is 9.95. The predicted molar refractivity (Wildman–Crippen MR) is 89.1 cm³/mol. The molecule has 0 amide bonds. The van der Waals surface area contributed by atoms with Crippen LogP contribution in [0, 0.1) is 0 Å². The first-order valence-electron chi connectivity index (χ1n) is 6.65. The van der Waals surface area contributed by atoms with Crippen LogP contribution in [0.2, 0.25) is 10.0 Å². The van der Waals surface area contributed by atoms with Gasteiger partial charge in [0.2, 0.25) is 0 Å². The highest BCUT2D eigenvalue weighted by Gasteiger charge is 2.17. The Morgan fingerprint density at radius 2 is 1.90 bits per heavy atom. The highest BCUT2D eigenvalue weighted by Crippen LogP contribution is 2.33. The summed E-state index contributed by atoms with van der Waals surface area (Å²) in [5.41, 5.74) is 2.15. The zero-order chi connectivity index (χ0) is 14.8. The van der Waals surface area contributed by atoms with Gasteiger partial charge < -0.3 is 5.32 Å². The lowest BCUT2D eigenvalue weighted by Gasteiger charge is -2.20. The summed E-state index contributed by atoms with van der Waals surface area (Å²) in [6, 6.07) is 13.8. The molecule has 0 aliphatic heterocycles. The maximum absolute atomic E-state index is 6.36. The average molecular weight is 317 g/mol. The molecule has 0 aliphatic rings. The topological polar surface area (TPSA) is 24.9 Å². The van der Waals surface area contributed by atoms with Crippen molar-refractivity contribution < 1.29 is 0 Å². The van der Waals surface area contributed by atoms with Crippen molar-refractivity contribution in [3.05, 3.63) is 76.0 Å². The lowest BCUT2D eigenvalue weighted by Crippen LogP contribution is -2.18. The first-order chi connectivity index (χ1) is 10.2. The molecule has 0 fully saturated rings. The Kier molecular flexibility index (Phi) is 4.11. The van der Waals surface area contributed by atoms with Gasteiger partial charge in [0.15, 0.2) is 0 Å². The molecule has 4 heteroatoms. The molecular formula is C17H14Cl2N2. The van der Waals surface area contributed by atoms with E-state index in [0.29, 0.717) is 10.0 Å². The Hall–Kier alpha value is -1.61. The molecule has 1 heterocycles. The standard InChI is InChI=1S/C17H14Cl2N2/c1-20-17(14-6-5-12(18)9-16(14)19)13-4-2-3-11-7-8-21-10-15(11)13/h2-10,17,20H,1H3. The first kappa shape index (κ1) is 14.3. The normalized spacial score (nSPS) is 12.5. The second-order valence-corrected chi connectivity index (χ2v) is 5.68. The summed E-state index contributed by atoms with van der Waals surface area (Å²) in [5, 5.41) is 6.90. The van der Waals surface area contributed by atoms with Crippen LogP contribution in [0.4, 0.5) is 0 Å². The lowest BCUT2D eigenvalue weighted by molar-refractivity contribution is 0.697. The smallest absolute Gasteiger partial charge is 0.0595 e. The molecule has 3 rings (SSSR count). The van der Waals surface area contributed by atoms with Crippen LogP contribution < -0.4 is 5.32 Å². The second-order valence-electron chi connectivity index (χ2n) is 4.83. The van der Waals surface area contributed by atoms with Crippen molar-refractivity contribution in [3.8, 4) is 0 Å². The molecule has 1 unspecified atom stereocenters. The van der Waals surface area contributed by atoms with E-state index >= 15 is 0 Å². The Morgan fingerprint density at radius 3 is 2.67 bits per heavy atom. The number of pyridine rings is 1. The molecule has 2 aromatic carbocycles. The van der Waals surface area contributed by atoms with Crippen molar-refractivity contribution in [2.45, 2.75) is 6.04 Å². The van der Waals surface area contributed by atoms with E-state index in [9.17, 15) is 0 Å². The van der Waals surface area contributed by atoms with E-state index in [1.165, 1.54) is 0 Å². The Labute approximate surface area is 133 Å². The van der Waals surface area contributed by atoms with Gasteiger partial charge in [-0.25, -0.2) is 0 Å². The summed E-state index contributed by atoms with van der Waals surface area (Å²) in [7, 11) is 1.92. The minimum absolute atomic E-state index is 0.0114. The van der Waals surface area contributed by atoms with Crippen LogP contribution in [0.5, 0.6) is 0 Å². The van der Waals surface area contributed by atoms with Crippen LogP contribution in [0.3, 0.4) is 0 Å². The minimum Gasteiger partial charge on any atom is -0.309 e. The van der Waals surface area contributed by atoms with E-state index in [-0.39, 0.29) is 6.04 Å². The zero-order valence-corrected chi connectivity index (χ0v) is 13.0. The summed E-state index contributed by atoms with van der Waals surface area (Å²) in [6.07, 6.45) is 3.69. The third-order valence-electron chi connectivity index (χ3n) is 3.59. The molecule has 0 bridgehead atoms. The third kappa shape index (κ3) is 2.75. The maximum atomic E-state index is 6.36. The van der Waals surface area contributed by atoms with Gasteiger partial charge in [-0.2, -0.15) is 0 Å². The highest BCUT2D eigenvalue weighted by atomic mass is 35.5. The van der Waals surface area contributed by atoms with E-state index < -0.39 is 0 Å². The predicted octanol–water partition coefficient (Wildman–Crippen LogP) is 4.85. The van der Waals surface area contributed by atoms with E-state index in [2.05, 4.69) is 22.4 Å². The molecule has 0 spiro atoms. The summed E-state index contributed by atoms with van der Waals surface area (Å²) >= 11 is 12.4. The molecule has 0 saturated heterocycles. The molecule has 0 radical (unpaired) electrons. The molecule has 1 atom stereocenters. The Balaban J connectivity index is 2.18. The Bertz CT molecular complexity index is 781. The number of aromatic nitrogens is 1. The van der Waals surface area contributed by atoms with Gasteiger partial charge in [0.1, 0.15) is 0 Å². The van der Waals surface area contributed by atoms with E-state index in [1.807, 2.05) is 37.5 Å². The van der Waals surface area contributed by atoms with E-state index in [4.69, 9.17) is 23.2 Å². The van der Waals surface area contributed by atoms with Crippen LogP contribution in [0.15, 0.2) is 54.9 Å². The summed E-state index contributed by atoms with van der Waals surface area (Å²) < 4.78 is 0. The van der Waals surface area contributed by atoms with Crippen molar-refractivity contribution in [2.75, 3.05) is 7.05 Å². The van der Waals surface area contributed by atoms with Crippen LogP contribution in [-0.2, 0) is 0 Å². The number of halogens is 2. The quantitative estimate of drug-likeness (QED) is 0.747.